The molecule has 2 unspecified atom stereocenters. The summed E-state index contributed by atoms with van der Waals surface area (Å²) in [5.41, 5.74) is 5.71. The van der Waals surface area contributed by atoms with E-state index in [1.165, 1.54) is 0 Å². The first-order chi connectivity index (χ1) is 8.42. The Bertz CT molecular complexity index is 396. The van der Waals surface area contributed by atoms with Crippen molar-refractivity contribution < 1.29 is 22.6 Å². The molecular weight excluding hydrogens is 251 g/mol. The smallest absolute Gasteiger partial charge is 0.473 e. The number of nitrogens with two attached hydrogens (primary N) is 1. The molecule has 5 nitrogen and oxygen atoms in total. The lowest BCUT2D eigenvalue weighted by Crippen LogP contribution is -2.20. The second-order valence-corrected chi connectivity index (χ2v) is 4.05. The van der Waals surface area contributed by atoms with E-state index in [1.807, 2.05) is 0 Å². The van der Waals surface area contributed by atoms with Gasteiger partial charge in [0.2, 0.25) is 11.8 Å². The highest BCUT2D eigenvalue weighted by molar-refractivity contribution is 5.11. The van der Waals surface area contributed by atoms with Crippen molar-refractivity contribution in [1.29, 1.82) is 0 Å². The van der Waals surface area contributed by atoms with Crippen LogP contribution in [0.15, 0.2) is 12.4 Å². The Morgan fingerprint density at radius 1 is 1.17 bits per heavy atom. The molecule has 0 amide bonds. The molecule has 1 saturated carbocycles. The average molecular weight is 263 g/mol. The van der Waals surface area contributed by atoms with Crippen molar-refractivity contribution in [2.24, 2.45) is 5.73 Å². The van der Waals surface area contributed by atoms with E-state index in [4.69, 9.17) is 10.5 Å². The normalized spacial score (nSPS) is 24.0. The molecular formula is C10H12F3N3O2. The Hall–Kier alpha value is -1.57. The average Bonchev–Trinajstić information content (AvgIpc) is 2.65. The molecule has 0 radical (unpaired) electrons. The standard InChI is InChI=1S/C10H12F3N3O2/c11-10(12,13)18-9-5-15-8(4-16-9)17-7-2-1-6(14)3-7/h4-7H,1-3,14H2. The van der Waals surface area contributed by atoms with Gasteiger partial charge in [-0.1, -0.05) is 0 Å². The van der Waals surface area contributed by atoms with E-state index in [-0.39, 0.29) is 18.0 Å². The lowest BCUT2D eigenvalue weighted by molar-refractivity contribution is -0.276. The number of ether oxygens (including phenoxy) is 2. The van der Waals surface area contributed by atoms with Crippen molar-refractivity contribution in [2.45, 2.75) is 37.8 Å². The number of alkyl halides is 3. The van der Waals surface area contributed by atoms with E-state index >= 15 is 0 Å². The SMILES string of the molecule is NC1CCC(Oc2cnc(OC(F)(F)F)cn2)C1. The van der Waals surface area contributed by atoms with Crippen molar-refractivity contribution in [3.05, 3.63) is 12.4 Å². The lowest BCUT2D eigenvalue weighted by atomic mass is 10.3. The summed E-state index contributed by atoms with van der Waals surface area (Å²) in [7, 11) is 0. The maximum absolute atomic E-state index is 11.9. The van der Waals surface area contributed by atoms with Crippen LogP contribution in [0.5, 0.6) is 11.8 Å². The van der Waals surface area contributed by atoms with Gasteiger partial charge in [-0.15, -0.1) is 13.2 Å². The van der Waals surface area contributed by atoms with Crippen LogP contribution in [-0.4, -0.2) is 28.5 Å². The summed E-state index contributed by atoms with van der Waals surface area (Å²) in [5.74, 6) is -0.443. The monoisotopic (exact) mass is 263 g/mol. The van der Waals surface area contributed by atoms with E-state index in [2.05, 4.69) is 14.7 Å². The molecule has 0 aromatic carbocycles. The second kappa shape index (κ2) is 4.97. The molecule has 100 valence electrons. The molecule has 1 fully saturated rings. The van der Waals surface area contributed by atoms with Crippen LogP contribution in [-0.2, 0) is 0 Å². The fraction of sp³-hybridized carbons (Fsp3) is 0.600. The minimum atomic E-state index is -4.77. The van der Waals surface area contributed by atoms with Crippen LogP contribution in [0.3, 0.4) is 0 Å². The van der Waals surface area contributed by atoms with Crippen molar-refractivity contribution >= 4 is 0 Å². The van der Waals surface area contributed by atoms with Crippen molar-refractivity contribution in [1.82, 2.24) is 9.97 Å². The Morgan fingerprint density at radius 3 is 2.33 bits per heavy atom. The largest absolute Gasteiger partial charge is 0.574 e. The Balaban J connectivity index is 1.91. The first-order valence-corrected chi connectivity index (χ1v) is 5.42. The molecule has 8 heteroatoms. The summed E-state index contributed by atoms with van der Waals surface area (Å²) in [6.45, 7) is 0. The summed E-state index contributed by atoms with van der Waals surface area (Å²) in [6.07, 6.45) is -0.458. The van der Waals surface area contributed by atoms with Gasteiger partial charge in [-0.3, -0.25) is 0 Å². The highest BCUT2D eigenvalue weighted by Gasteiger charge is 2.32. The molecule has 1 aromatic rings. The van der Waals surface area contributed by atoms with Gasteiger partial charge >= 0.3 is 6.36 Å². The summed E-state index contributed by atoms with van der Waals surface area (Å²) >= 11 is 0. The van der Waals surface area contributed by atoms with Crippen LogP contribution >= 0.6 is 0 Å². The summed E-state index contributed by atoms with van der Waals surface area (Å²) in [5, 5.41) is 0. The first-order valence-electron chi connectivity index (χ1n) is 5.42. The molecule has 0 bridgehead atoms. The van der Waals surface area contributed by atoms with Gasteiger partial charge in [0.1, 0.15) is 6.10 Å². The van der Waals surface area contributed by atoms with Gasteiger partial charge in [0.15, 0.2) is 0 Å². The third kappa shape index (κ3) is 3.73. The number of rotatable bonds is 3. The van der Waals surface area contributed by atoms with Gasteiger partial charge in [-0.25, -0.2) is 9.97 Å². The highest BCUT2D eigenvalue weighted by Crippen LogP contribution is 2.24. The van der Waals surface area contributed by atoms with Crippen LogP contribution < -0.4 is 15.2 Å². The fourth-order valence-electron chi connectivity index (χ4n) is 1.79. The maximum atomic E-state index is 11.9. The van der Waals surface area contributed by atoms with E-state index in [9.17, 15) is 13.2 Å². The van der Waals surface area contributed by atoms with Crippen LogP contribution in [0.1, 0.15) is 19.3 Å². The van der Waals surface area contributed by atoms with Gasteiger partial charge in [-0.05, 0) is 19.3 Å². The van der Waals surface area contributed by atoms with Crippen molar-refractivity contribution in [3.63, 3.8) is 0 Å². The van der Waals surface area contributed by atoms with Gasteiger partial charge in [-0.2, -0.15) is 0 Å². The Labute approximate surface area is 101 Å². The zero-order valence-electron chi connectivity index (χ0n) is 9.35. The minimum Gasteiger partial charge on any atom is -0.473 e. The molecule has 0 aliphatic heterocycles. The molecule has 1 aromatic heterocycles. The minimum absolute atomic E-state index is 0.0521. The predicted octanol–water partition coefficient (Wildman–Crippen LogP) is 1.63. The summed E-state index contributed by atoms with van der Waals surface area (Å²) in [4.78, 5) is 7.17. The number of hydrogen-bond donors (Lipinski definition) is 1. The summed E-state index contributed by atoms with van der Waals surface area (Å²) < 4.78 is 44.7. The molecule has 2 rings (SSSR count). The van der Waals surface area contributed by atoms with E-state index in [0.717, 1.165) is 25.2 Å². The van der Waals surface area contributed by atoms with Crippen LogP contribution in [0.2, 0.25) is 0 Å². The molecule has 18 heavy (non-hydrogen) atoms. The van der Waals surface area contributed by atoms with Crippen LogP contribution in [0.25, 0.3) is 0 Å². The number of halogens is 3. The van der Waals surface area contributed by atoms with Gasteiger partial charge in [0.25, 0.3) is 0 Å². The highest BCUT2D eigenvalue weighted by atomic mass is 19.4. The van der Waals surface area contributed by atoms with Crippen molar-refractivity contribution in [3.8, 4) is 11.8 Å². The zero-order valence-corrected chi connectivity index (χ0v) is 9.35. The lowest BCUT2D eigenvalue weighted by Gasteiger charge is -2.12. The second-order valence-electron chi connectivity index (χ2n) is 4.05. The number of nitrogens with zero attached hydrogens (tertiary/aromatic N) is 2. The summed E-state index contributed by atoms with van der Waals surface area (Å²) in [6, 6.07) is 0.107. The van der Waals surface area contributed by atoms with Crippen LogP contribution in [0, 0.1) is 0 Å². The van der Waals surface area contributed by atoms with E-state index < -0.39 is 12.2 Å². The van der Waals surface area contributed by atoms with Gasteiger partial charge in [0.05, 0.1) is 12.4 Å². The first kappa shape index (κ1) is 12.9. The van der Waals surface area contributed by atoms with E-state index in [1.54, 1.807) is 0 Å². The van der Waals surface area contributed by atoms with Crippen molar-refractivity contribution in [2.75, 3.05) is 0 Å². The number of aromatic nitrogens is 2. The molecule has 2 atom stereocenters. The van der Waals surface area contributed by atoms with Crippen LogP contribution in [0.4, 0.5) is 13.2 Å². The third-order valence-corrected chi connectivity index (χ3v) is 2.54. The van der Waals surface area contributed by atoms with E-state index in [0.29, 0.717) is 6.42 Å². The molecule has 1 aliphatic carbocycles. The quantitative estimate of drug-likeness (QED) is 0.897. The van der Waals surface area contributed by atoms with Gasteiger partial charge < -0.3 is 15.2 Å². The topological polar surface area (TPSA) is 70.3 Å². The fourth-order valence-corrected chi connectivity index (χ4v) is 1.79. The van der Waals surface area contributed by atoms with Gasteiger partial charge in [0, 0.05) is 6.04 Å². The molecule has 1 aliphatic rings. The zero-order chi connectivity index (χ0) is 13.2. The number of hydrogen-bond acceptors (Lipinski definition) is 5. The molecule has 0 saturated heterocycles. The predicted molar refractivity (Wildman–Crippen MR) is 55.0 cm³/mol. The molecule has 1 heterocycles. The Morgan fingerprint density at radius 2 is 1.83 bits per heavy atom. The maximum Gasteiger partial charge on any atom is 0.574 e. The molecule has 2 N–H and O–H groups in total. The molecule has 0 spiro atoms. The third-order valence-electron chi connectivity index (χ3n) is 2.54. The Kier molecular flexibility index (Phi) is 3.55.